The van der Waals surface area contributed by atoms with Crippen LogP contribution in [-0.2, 0) is 54.4 Å². The van der Waals surface area contributed by atoms with E-state index < -0.39 is 59.3 Å². The molecule has 0 heterocycles. The van der Waals surface area contributed by atoms with Crippen LogP contribution in [0.4, 0.5) is 26.3 Å². The fourth-order valence-electron chi connectivity index (χ4n) is 9.25. The van der Waals surface area contributed by atoms with Crippen molar-refractivity contribution >= 4 is 25.4 Å². The topological polar surface area (TPSA) is 201 Å². The van der Waals surface area contributed by atoms with Gasteiger partial charge in [-0.25, -0.2) is 4.79 Å². The minimum Gasteiger partial charge on any atom is -0.491 e. The van der Waals surface area contributed by atoms with Crippen molar-refractivity contribution in [3.8, 4) is 129 Å². The molecule has 0 saturated heterocycles. The number of aliphatic hydroxyl groups is 2. The van der Waals surface area contributed by atoms with Crippen LogP contribution in [0.25, 0.3) is 0 Å². The quantitative estimate of drug-likeness (QED) is 0.0104. The molecule has 0 spiro atoms. The van der Waals surface area contributed by atoms with Crippen LogP contribution in [0.3, 0.4) is 0 Å². The Morgan fingerprint density at radius 3 is 0.694 bits per heavy atom. The normalized spacial score (nSPS) is 10.4. The highest BCUT2D eigenvalue weighted by Gasteiger charge is 2.72. The van der Waals surface area contributed by atoms with Crippen molar-refractivity contribution < 1.29 is 126 Å². The number of carbonyl (C=O) groups excluding carboxylic acids is 4. The summed E-state index contributed by atoms with van der Waals surface area (Å²) in [6, 6.07) is 38.1. The molecule has 16 nitrogen and oxygen atoms in total. The first-order chi connectivity index (χ1) is 50.4. The van der Waals surface area contributed by atoms with Crippen molar-refractivity contribution in [2.75, 3.05) is 39.6 Å². The van der Waals surface area contributed by atoms with E-state index in [0.29, 0.717) is 55.3 Å². The van der Waals surface area contributed by atoms with Crippen LogP contribution in [0.2, 0.25) is 0 Å². The highest BCUT2D eigenvalue weighted by Crippen LogP contribution is 2.56. The van der Waals surface area contributed by atoms with Crippen LogP contribution in [0.5, 0.6) is 34.5 Å². The number of ether oxygens (including phenoxy) is 10. The van der Waals surface area contributed by atoms with E-state index in [4.69, 9.17) is 42.6 Å². The fourth-order valence-corrected chi connectivity index (χ4v) is 9.25. The highest BCUT2D eigenvalue weighted by molar-refractivity contribution is 5.89. The molecule has 6 rings (SSSR count). The minimum atomic E-state index is -5.73. The van der Waals surface area contributed by atoms with Crippen LogP contribution in [-0.4, -0.2) is 124 Å². The smallest absolute Gasteiger partial charge is 0.411 e. The number of hydrogen-bond acceptors (Lipinski definition) is 16. The third kappa shape index (κ3) is 49.8. The second-order valence-electron chi connectivity index (χ2n) is 24.2. The van der Waals surface area contributed by atoms with Crippen molar-refractivity contribution in [2.45, 2.75) is 275 Å². The van der Waals surface area contributed by atoms with Gasteiger partial charge in [-0.3, -0.25) is 14.4 Å². The summed E-state index contributed by atoms with van der Waals surface area (Å²) in [5.74, 6) is 41.9. The lowest BCUT2D eigenvalue weighted by atomic mass is 9.73. The number of esters is 1. The number of halogens is 6. The van der Waals surface area contributed by atoms with Crippen LogP contribution >= 0.6 is 0 Å². The van der Waals surface area contributed by atoms with Gasteiger partial charge in [-0.15, -0.1) is 0 Å². The van der Waals surface area contributed by atoms with Crippen LogP contribution in [0.1, 0.15) is 266 Å². The molecule has 0 aromatic heterocycles. The van der Waals surface area contributed by atoms with Gasteiger partial charge >= 0.3 is 18.3 Å². The summed E-state index contributed by atoms with van der Waals surface area (Å²) in [5, 5.41) is 18.5. The molecule has 6 aromatic rings. The molecular formula is C102H184F6O16. The molecule has 0 aliphatic carbocycles. The van der Waals surface area contributed by atoms with E-state index in [-0.39, 0.29) is 231 Å². The highest BCUT2D eigenvalue weighted by atomic mass is 19.4. The number of hydrogen-bond donors (Lipinski definition) is 2. The van der Waals surface area contributed by atoms with Gasteiger partial charge in [0.15, 0.2) is 0 Å². The van der Waals surface area contributed by atoms with Crippen LogP contribution in [0.15, 0.2) is 146 Å². The average molecular weight is 1780 g/mol. The maximum Gasteiger partial charge on any atom is 0.411 e. The van der Waals surface area contributed by atoms with E-state index in [1.807, 2.05) is 97.1 Å². The predicted octanol–water partition coefficient (Wildman–Crippen LogP) is 28.2. The Morgan fingerprint density at radius 1 is 0.315 bits per heavy atom. The van der Waals surface area contributed by atoms with Crippen LogP contribution < -0.4 is 28.4 Å². The predicted molar refractivity (Wildman–Crippen MR) is 540 cm³/mol. The molecule has 124 heavy (non-hydrogen) atoms. The van der Waals surface area contributed by atoms with E-state index >= 15 is 0 Å². The first kappa shape index (κ1) is 147. The second-order valence-corrected chi connectivity index (χ2v) is 24.2. The third-order valence-electron chi connectivity index (χ3n) is 14.9. The average Bonchev–Trinajstić information content (AvgIpc) is 0.715. The summed E-state index contributed by atoms with van der Waals surface area (Å²) in [7, 11) is 0. The van der Waals surface area contributed by atoms with E-state index in [2.05, 4.69) is 127 Å². The summed E-state index contributed by atoms with van der Waals surface area (Å²) >= 11 is 0. The lowest BCUT2D eigenvalue weighted by molar-refractivity contribution is -0.288. The number of alkyl halides is 6. The minimum absolute atomic E-state index is 0. The summed E-state index contributed by atoms with van der Waals surface area (Å²) in [6.45, 7) is 21.9. The number of carbonyl (C=O) groups is 4. The van der Waals surface area contributed by atoms with Crippen molar-refractivity contribution in [2.24, 2.45) is 0 Å². The molecule has 0 fully saturated rings. The Hall–Kier alpha value is -12.0. The number of aliphatic hydroxyl groups excluding tert-OH is 2. The summed E-state index contributed by atoms with van der Waals surface area (Å²) < 4.78 is 138. The van der Waals surface area contributed by atoms with E-state index in [1.165, 1.54) is 13.8 Å². The summed E-state index contributed by atoms with van der Waals surface area (Å²) in [6.07, 6.45) is -14.6. The Morgan fingerprint density at radius 2 is 0.500 bits per heavy atom. The molecule has 0 amide bonds. The molecule has 6 atom stereocenters. The zero-order valence-electron chi connectivity index (χ0n) is 60.2. The Balaban J connectivity index is -0.0000000400. The first-order valence-electron chi connectivity index (χ1n) is 32.7. The molecule has 0 bridgehead atoms. The lowest BCUT2D eigenvalue weighted by Gasteiger charge is -2.38. The van der Waals surface area contributed by atoms with Gasteiger partial charge in [0.2, 0.25) is 5.41 Å². The monoisotopic (exact) mass is 1780 g/mol. The van der Waals surface area contributed by atoms with Crippen molar-refractivity contribution in [3.05, 3.63) is 179 Å². The number of benzene rings is 6. The van der Waals surface area contributed by atoms with Gasteiger partial charge in [0.1, 0.15) is 98.6 Å². The van der Waals surface area contributed by atoms with Gasteiger partial charge in [0.25, 0.3) is 19.4 Å². The third-order valence-corrected chi connectivity index (χ3v) is 14.9. The summed E-state index contributed by atoms with van der Waals surface area (Å²) in [4.78, 5) is 43.0. The van der Waals surface area contributed by atoms with E-state index in [0.717, 1.165) is 58.0 Å². The first-order valence-corrected chi connectivity index (χ1v) is 32.7. The Bertz CT molecular complexity index is 4380. The van der Waals surface area contributed by atoms with Gasteiger partial charge in [-0.2, -0.15) is 26.3 Å². The van der Waals surface area contributed by atoms with Crippen molar-refractivity contribution in [1.82, 2.24) is 0 Å². The molecule has 22 heteroatoms. The zero-order chi connectivity index (χ0) is 78.2. The second kappa shape index (κ2) is 74.8. The SMILES string of the molecule is C.C.C.C.C.C.C.C.C.C.C.C.C.C.C.C.C.C.CC#CC#CC#CC#CC#CC#CC#CC#CC(=O)OC(C)COc1ccc(C(C)(C)c2ccc(OCC(C)OC=O)cc2)cc1.CC(O)COc1ccc(C(C)(C)c2ccc(OCC(C)OC=O)cc2)cc1.CC(O)COc1ccc(C(c2ccc(OCC(C)OC=O)cc2)(C(F)(F)F)C(F)(F)F)cc1.[HH].[HH].[HH].[HH].[HH].[HH].[HH].[HH].[HH].[HH].[HH].[HH].[HH].[HH].[HH].[HH]. The number of rotatable bonds is 31. The van der Waals surface area contributed by atoms with Gasteiger partial charge in [0, 0.05) is 39.6 Å². The van der Waals surface area contributed by atoms with E-state index in [9.17, 15) is 55.7 Å². The lowest BCUT2D eigenvalue weighted by Crippen LogP contribution is -2.54. The maximum absolute atomic E-state index is 14.2. The molecule has 6 unspecified atom stereocenters. The van der Waals surface area contributed by atoms with Gasteiger partial charge < -0.3 is 57.6 Å². The molecule has 2 N–H and O–H groups in total. The largest absolute Gasteiger partial charge is 0.491 e. The molecule has 0 radical (unpaired) electrons. The maximum atomic E-state index is 14.2. The van der Waals surface area contributed by atoms with Gasteiger partial charge in [0.05, 0.1) is 12.2 Å². The Kier molecular flexibility index (Phi) is 88.4. The molecule has 6 aromatic carbocycles. The van der Waals surface area contributed by atoms with Gasteiger partial charge in [-0.05, 0) is 238 Å². The van der Waals surface area contributed by atoms with Gasteiger partial charge in [-0.1, -0.05) is 240 Å². The molecule has 730 valence electrons. The molecule has 0 aliphatic rings. The van der Waals surface area contributed by atoms with E-state index in [1.54, 1.807) is 34.6 Å². The molecule has 0 saturated carbocycles. The fraction of sp³-hybridized carbons (Fsp3) is 0.451. The van der Waals surface area contributed by atoms with Crippen LogP contribution in [0, 0.1) is 94.7 Å². The standard InChI is InChI=1S/C40H30O6.C22H22F6O5.C22H28O5.18CH4.16H2/c1-6-7-8-9-10-11-12-13-14-15-16-17-18-19-20-21-39(42)46-34(3)31-44-38-28-24-36(25-29-38)40(4,5)35-22-26-37(27-23-35)43-30-33(2)45-32-41;1-14(30)11-31-18-7-3-16(4-8-18)20(21(23,24)25,22(26,27)28)17-5-9-19(10-6-17)32-12-15(2)33-13-29;1-16(24)13-25-20-9-5-18(6-10-20)22(3,4)19-7-11-21(12-8-19)26-14-17(2)27-15-23;;;;;;;;;;;;;;;;;;;;;;;;;;;;;;;;;;/h22-29,32-34H,30-31H2,1-5H3;3-10,13-15,30H,11-12H2,1-2H3;5-12,15-17,24H,13-14H2,1-4H3;18*1H4;16*1H. The Labute approximate surface area is 771 Å². The zero-order valence-corrected chi connectivity index (χ0v) is 60.2. The van der Waals surface area contributed by atoms with Crippen molar-refractivity contribution in [1.29, 1.82) is 0 Å². The van der Waals surface area contributed by atoms with Crippen molar-refractivity contribution in [3.63, 3.8) is 0 Å². The molecule has 0 aliphatic heterocycles. The molecular weight excluding hydrogens is 1600 g/mol. The summed E-state index contributed by atoms with van der Waals surface area (Å²) in [5.41, 5.74) is -2.36.